The van der Waals surface area contributed by atoms with Crippen LogP contribution >= 0.6 is 23.2 Å². The Bertz CT molecular complexity index is 632. The molecule has 2 aromatic rings. The minimum Gasteiger partial charge on any atom is -0.221 e. The van der Waals surface area contributed by atoms with Crippen LogP contribution < -0.4 is 0 Å². The first-order valence-corrected chi connectivity index (χ1v) is 8.23. The Morgan fingerprint density at radius 1 is 1.10 bits per heavy atom. The van der Waals surface area contributed by atoms with Gasteiger partial charge in [0, 0.05) is 11.5 Å². The van der Waals surface area contributed by atoms with E-state index in [2.05, 4.69) is 41.2 Å². The molecule has 0 fully saturated rings. The summed E-state index contributed by atoms with van der Waals surface area (Å²) in [6, 6.07) is 8.59. The molecule has 0 spiro atoms. The molecule has 2 nitrogen and oxygen atoms in total. The van der Waals surface area contributed by atoms with Gasteiger partial charge in [-0.25, -0.2) is 9.97 Å². The third-order valence-electron chi connectivity index (χ3n) is 4.14. The molecule has 1 atom stereocenters. The van der Waals surface area contributed by atoms with Crippen molar-refractivity contribution in [1.29, 1.82) is 0 Å². The second-order valence-electron chi connectivity index (χ2n) is 5.60. The molecule has 0 saturated heterocycles. The molecule has 1 aromatic carbocycles. The van der Waals surface area contributed by atoms with Crippen LogP contribution in [0.15, 0.2) is 24.3 Å². The van der Waals surface area contributed by atoms with E-state index in [1.807, 2.05) is 0 Å². The van der Waals surface area contributed by atoms with Crippen LogP contribution in [0, 0.1) is 0 Å². The first-order chi connectivity index (χ1) is 10.2. The van der Waals surface area contributed by atoms with Gasteiger partial charge in [-0.15, -0.1) is 0 Å². The molecule has 0 amide bonds. The van der Waals surface area contributed by atoms with Crippen molar-refractivity contribution in [1.82, 2.24) is 9.97 Å². The number of aromatic nitrogens is 2. The molecular weight excluding hydrogens is 303 g/mol. The van der Waals surface area contributed by atoms with Gasteiger partial charge in [0.1, 0.15) is 16.1 Å². The van der Waals surface area contributed by atoms with Crippen LogP contribution in [0.1, 0.15) is 48.2 Å². The van der Waals surface area contributed by atoms with Crippen LogP contribution in [0.4, 0.5) is 0 Å². The quantitative estimate of drug-likeness (QED) is 0.743. The van der Waals surface area contributed by atoms with E-state index in [0.29, 0.717) is 16.2 Å². The van der Waals surface area contributed by atoms with E-state index in [4.69, 9.17) is 23.2 Å². The second kappa shape index (κ2) is 6.33. The summed E-state index contributed by atoms with van der Waals surface area (Å²) >= 11 is 12.6. The summed E-state index contributed by atoms with van der Waals surface area (Å²) in [6.45, 7) is 2.10. The molecule has 0 N–H and O–H groups in total. The summed E-state index contributed by atoms with van der Waals surface area (Å²) < 4.78 is 0. The number of fused-ring (bicyclic) bond motifs is 1. The normalized spacial score (nSPS) is 17.6. The van der Waals surface area contributed by atoms with Gasteiger partial charge < -0.3 is 0 Å². The van der Waals surface area contributed by atoms with E-state index in [1.165, 1.54) is 11.1 Å². The van der Waals surface area contributed by atoms with Crippen molar-refractivity contribution in [2.24, 2.45) is 0 Å². The molecule has 0 saturated carbocycles. The van der Waals surface area contributed by atoms with Gasteiger partial charge in [0.2, 0.25) is 0 Å². The fourth-order valence-electron chi connectivity index (χ4n) is 3.00. The molecule has 4 heteroatoms. The Kier molecular flexibility index (Phi) is 4.46. The summed E-state index contributed by atoms with van der Waals surface area (Å²) in [5.41, 5.74) is 3.71. The first-order valence-electron chi connectivity index (χ1n) is 7.47. The number of aryl methyl sites for hydroxylation is 1. The Labute approximate surface area is 135 Å². The molecule has 3 rings (SSSR count). The van der Waals surface area contributed by atoms with Gasteiger partial charge in [0.15, 0.2) is 0 Å². The van der Waals surface area contributed by atoms with Gasteiger partial charge in [-0.05, 0) is 36.8 Å². The van der Waals surface area contributed by atoms with Crippen LogP contribution in [0.25, 0.3) is 0 Å². The van der Waals surface area contributed by atoms with E-state index in [9.17, 15) is 0 Å². The average molecular weight is 321 g/mol. The predicted molar refractivity (Wildman–Crippen MR) is 87.3 cm³/mol. The van der Waals surface area contributed by atoms with E-state index in [1.54, 1.807) is 0 Å². The standard InChI is InChI=1S/C17H18Cl2N2/c1-2-5-14-15(18)20-17(21-16(14)19)13-9-8-11-6-3-4-7-12(11)10-13/h3-4,6-7,13H,2,5,8-10H2,1H3. The van der Waals surface area contributed by atoms with Crippen molar-refractivity contribution in [3.63, 3.8) is 0 Å². The minimum atomic E-state index is 0.311. The summed E-state index contributed by atoms with van der Waals surface area (Å²) in [6.07, 6.45) is 4.90. The molecule has 0 aliphatic heterocycles. The lowest BCUT2D eigenvalue weighted by Gasteiger charge is -2.24. The lowest BCUT2D eigenvalue weighted by Crippen LogP contribution is -2.16. The molecule has 1 aliphatic rings. The molecule has 0 radical (unpaired) electrons. The SMILES string of the molecule is CCCc1c(Cl)nc(C2CCc3ccccc3C2)nc1Cl. The maximum absolute atomic E-state index is 6.30. The lowest BCUT2D eigenvalue weighted by molar-refractivity contribution is 0.554. The van der Waals surface area contributed by atoms with Crippen molar-refractivity contribution in [2.75, 3.05) is 0 Å². The average Bonchev–Trinajstić information content (AvgIpc) is 2.50. The summed E-state index contributed by atoms with van der Waals surface area (Å²) in [7, 11) is 0. The topological polar surface area (TPSA) is 25.8 Å². The van der Waals surface area contributed by atoms with Crippen LogP contribution in [0.5, 0.6) is 0 Å². The zero-order valence-electron chi connectivity index (χ0n) is 12.1. The lowest BCUT2D eigenvalue weighted by atomic mass is 9.83. The molecule has 1 aromatic heterocycles. The summed E-state index contributed by atoms with van der Waals surface area (Å²) in [5.74, 6) is 1.10. The molecule has 21 heavy (non-hydrogen) atoms. The van der Waals surface area contributed by atoms with Gasteiger partial charge in [-0.2, -0.15) is 0 Å². The van der Waals surface area contributed by atoms with Crippen molar-refractivity contribution in [3.05, 3.63) is 57.1 Å². The summed E-state index contributed by atoms with van der Waals surface area (Å²) in [5, 5.41) is 1.04. The third-order valence-corrected chi connectivity index (χ3v) is 4.76. The number of hydrogen-bond acceptors (Lipinski definition) is 2. The Balaban J connectivity index is 1.89. The fourth-order valence-corrected chi connectivity index (χ4v) is 3.59. The molecular formula is C17H18Cl2N2. The van der Waals surface area contributed by atoms with Gasteiger partial charge in [-0.1, -0.05) is 60.8 Å². The number of nitrogens with zero attached hydrogens (tertiary/aromatic N) is 2. The Morgan fingerprint density at radius 2 is 1.76 bits per heavy atom. The largest absolute Gasteiger partial charge is 0.221 e. The fraction of sp³-hybridized carbons (Fsp3) is 0.412. The van der Waals surface area contributed by atoms with Crippen LogP contribution in [0.2, 0.25) is 10.3 Å². The van der Waals surface area contributed by atoms with Gasteiger partial charge in [-0.3, -0.25) is 0 Å². The first kappa shape index (κ1) is 14.8. The van der Waals surface area contributed by atoms with Crippen molar-refractivity contribution < 1.29 is 0 Å². The zero-order chi connectivity index (χ0) is 14.8. The number of rotatable bonds is 3. The highest BCUT2D eigenvalue weighted by atomic mass is 35.5. The van der Waals surface area contributed by atoms with Crippen LogP contribution in [-0.2, 0) is 19.3 Å². The number of hydrogen-bond donors (Lipinski definition) is 0. The van der Waals surface area contributed by atoms with E-state index >= 15 is 0 Å². The van der Waals surface area contributed by atoms with Gasteiger partial charge >= 0.3 is 0 Å². The van der Waals surface area contributed by atoms with Crippen molar-refractivity contribution >= 4 is 23.2 Å². The molecule has 110 valence electrons. The van der Waals surface area contributed by atoms with E-state index < -0.39 is 0 Å². The maximum atomic E-state index is 6.30. The highest BCUT2D eigenvalue weighted by molar-refractivity contribution is 6.34. The van der Waals surface area contributed by atoms with Crippen molar-refractivity contribution in [2.45, 2.75) is 44.9 Å². The highest BCUT2D eigenvalue weighted by Crippen LogP contribution is 2.33. The predicted octanol–water partition coefficient (Wildman–Crippen LogP) is 5.01. The highest BCUT2D eigenvalue weighted by Gasteiger charge is 2.23. The smallest absolute Gasteiger partial charge is 0.137 e. The summed E-state index contributed by atoms with van der Waals surface area (Å²) in [4.78, 5) is 9.04. The van der Waals surface area contributed by atoms with Gasteiger partial charge in [0.25, 0.3) is 0 Å². The third kappa shape index (κ3) is 3.07. The van der Waals surface area contributed by atoms with Gasteiger partial charge in [0.05, 0.1) is 0 Å². The minimum absolute atomic E-state index is 0.311. The molecule has 1 aliphatic carbocycles. The number of benzene rings is 1. The Hall–Kier alpha value is -1.12. The van der Waals surface area contributed by atoms with E-state index in [-0.39, 0.29) is 0 Å². The second-order valence-corrected chi connectivity index (χ2v) is 6.32. The monoisotopic (exact) mass is 320 g/mol. The van der Waals surface area contributed by atoms with Crippen LogP contribution in [0.3, 0.4) is 0 Å². The Morgan fingerprint density at radius 3 is 2.43 bits per heavy atom. The van der Waals surface area contributed by atoms with Crippen molar-refractivity contribution in [3.8, 4) is 0 Å². The molecule has 1 unspecified atom stereocenters. The zero-order valence-corrected chi connectivity index (χ0v) is 13.6. The molecule has 0 bridgehead atoms. The van der Waals surface area contributed by atoms with E-state index in [0.717, 1.165) is 43.5 Å². The maximum Gasteiger partial charge on any atom is 0.137 e. The molecule has 1 heterocycles. The number of halogens is 2. The van der Waals surface area contributed by atoms with Crippen LogP contribution in [-0.4, -0.2) is 9.97 Å².